The third-order valence-corrected chi connectivity index (χ3v) is 2.41. The van der Waals surface area contributed by atoms with E-state index < -0.39 is 0 Å². The second kappa shape index (κ2) is 4.36. The van der Waals surface area contributed by atoms with Crippen molar-refractivity contribution in [2.24, 2.45) is 0 Å². The quantitative estimate of drug-likeness (QED) is 0.769. The Morgan fingerprint density at radius 3 is 2.79 bits per heavy atom. The minimum absolute atomic E-state index is 0.745. The third kappa shape index (κ3) is 2.20. The average Bonchev–Trinajstić information content (AvgIpc) is 2.86. The van der Waals surface area contributed by atoms with Gasteiger partial charge in [-0.2, -0.15) is 5.10 Å². The third-order valence-electron chi connectivity index (χ3n) is 1.84. The molecule has 14 heavy (non-hydrogen) atoms. The fourth-order valence-electron chi connectivity index (χ4n) is 1.15. The molecular weight excluding hydrogens is 246 g/mol. The van der Waals surface area contributed by atoms with Gasteiger partial charge in [-0.25, -0.2) is 0 Å². The Balaban J connectivity index is 1.92. The first-order chi connectivity index (χ1) is 6.88. The predicted octanol–water partition coefficient (Wildman–Crippen LogP) is 1.07. The van der Waals surface area contributed by atoms with Crippen LogP contribution in [0.2, 0.25) is 0 Å². The lowest BCUT2D eigenvalue weighted by molar-refractivity contribution is 0.490. The summed E-state index contributed by atoms with van der Waals surface area (Å²) < 4.78 is 3.69. The zero-order valence-corrected chi connectivity index (χ0v) is 9.13. The Bertz CT molecular complexity index is 380. The summed E-state index contributed by atoms with van der Waals surface area (Å²) in [6, 6.07) is 1.91. The van der Waals surface area contributed by atoms with Gasteiger partial charge in [0.15, 0.2) is 0 Å². The highest BCUT2D eigenvalue weighted by Crippen LogP contribution is 1.99. The van der Waals surface area contributed by atoms with Gasteiger partial charge in [-0.3, -0.25) is 9.36 Å². The monoisotopic (exact) mass is 255 g/mol. The van der Waals surface area contributed by atoms with Crippen molar-refractivity contribution in [1.29, 1.82) is 0 Å². The minimum Gasteiger partial charge on any atom is -0.271 e. The van der Waals surface area contributed by atoms with E-state index in [1.54, 1.807) is 6.20 Å². The topological polar surface area (TPSA) is 48.5 Å². The van der Waals surface area contributed by atoms with E-state index in [9.17, 15) is 0 Å². The minimum atomic E-state index is 0.745. The highest BCUT2D eigenvalue weighted by Gasteiger charge is 1.98. The van der Waals surface area contributed by atoms with Crippen molar-refractivity contribution in [3.8, 4) is 0 Å². The van der Waals surface area contributed by atoms with E-state index in [1.165, 1.54) is 0 Å². The van der Waals surface area contributed by atoms with Crippen molar-refractivity contribution >= 4 is 15.9 Å². The van der Waals surface area contributed by atoms with Crippen LogP contribution in [-0.4, -0.2) is 24.8 Å². The molecular formula is C8H10BrN5. The molecule has 0 radical (unpaired) electrons. The number of rotatable bonds is 4. The Labute approximate surface area is 89.9 Å². The summed E-state index contributed by atoms with van der Waals surface area (Å²) in [7, 11) is 0. The Morgan fingerprint density at radius 1 is 1.29 bits per heavy atom. The molecule has 0 aliphatic rings. The fourth-order valence-corrected chi connectivity index (χ4v) is 1.40. The van der Waals surface area contributed by atoms with Crippen LogP contribution in [0.25, 0.3) is 0 Å². The van der Waals surface area contributed by atoms with Crippen LogP contribution in [0.15, 0.2) is 24.7 Å². The summed E-state index contributed by atoms with van der Waals surface area (Å²) in [4.78, 5) is 0. The first-order valence-corrected chi connectivity index (χ1v) is 5.43. The summed E-state index contributed by atoms with van der Waals surface area (Å²) >= 11 is 3.33. The molecule has 2 rings (SSSR count). The van der Waals surface area contributed by atoms with Crippen molar-refractivity contribution in [1.82, 2.24) is 24.8 Å². The summed E-state index contributed by atoms with van der Waals surface area (Å²) in [6.45, 7) is 1.61. The molecule has 2 heterocycles. The molecule has 0 spiro atoms. The highest BCUT2D eigenvalue weighted by atomic mass is 79.9. The molecule has 6 heteroatoms. The maximum absolute atomic E-state index is 4.10. The van der Waals surface area contributed by atoms with Crippen LogP contribution in [0, 0.1) is 0 Å². The first-order valence-electron chi connectivity index (χ1n) is 4.31. The van der Waals surface area contributed by atoms with Gasteiger partial charge in [-0.1, -0.05) is 21.1 Å². The SMILES string of the molecule is BrCc1cn(CCn2cccn2)nn1. The number of nitrogens with zero attached hydrogens (tertiary/aromatic N) is 5. The van der Waals surface area contributed by atoms with Crippen LogP contribution >= 0.6 is 15.9 Å². The Hall–Kier alpha value is -1.17. The summed E-state index contributed by atoms with van der Waals surface area (Å²) in [5, 5.41) is 12.8. The zero-order chi connectivity index (χ0) is 9.80. The van der Waals surface area contributed by atoms with E-state index in [2.05, 4.69) is 31.3 Å². The van der Waals surface area contributed by atoms with Gasteiger partial charge >= 0.3 is 0 Å². The molecule has 0 amide bonds. The van der Waals surface area contributed by atoms with E-state index in [-0.39, 0.29) is 0 Å². The molecule has 0 unspecified atom stereocenters. The lowest BCUT2D eigenvalue weighted by Gasteiger charge is -1.99. The van der Waals surface area contributed by atoms with Crippen LogP contribution in [0.4, 0.5) is 0 Å². The maximum atomic E-state index is 4.10. The molecule has 5 nitrogen and oxygen atoms in total. The number of aryl methyl sites for hydroxylation is 2. The number of halogens is 1. The summed E-state index contributed by atoms with van der Waals surface area (Å²) in [6.07, 6.45) is 5.63. The second-order valence-electron chi connectivity index (χ2n) is 2.88. The summed E-state index contributed by atoms with van der Waals surface area (Å²) in [5.41, 5.74) is 0.950. The lowest BCUT2D eigenvalue weighted by Crippen LogP contribution is -2.08. The fraction of sp³-hybridized carbons (Fsp3) is 0.375. The molecule has 0 saturated carbocycles. The van der Waals surface area contributed by atoms with Gasteiger partial charge in [0, 0.05) is 23.9 Å². The maximum Gasteiger partial charge on any atom is 0.0932 e. The standard InChI is InChI=1S/C8H10BrN5/c9-6-8-7-14(12-11-8)5-4-13-3-1-2-10-13/h1-3,7H,4-6H2. The molecule has 2 aromatic heterocycles. The van der Waals surface area contributed by atoms with Crippen LogP contribution in [0.1, 0.15) is 5.69 Å². The molecule has 0 aliphatic carbocycles. The molecule has 0 aliphatic heterocycles. The van der Waals surface area contributed by atoms with Crippen LogP contribution in [0.5, 0.6) is 0 Å². The van der Waals surface area contributed by atoms with E-state index >= 15 is 0 Å². The van der Waals surface area contributed by atoms with Gasteiger partial charge in [-0.05, 0) is 6.07 Å². The molecule has 0 aromatic carbocycles. The van der Waals surface area contributed by atoms with E-state index in [0.717, 1.165) is 24.1 Å². The second-order valence-corrected chi connectivity index (χ2v) is 3.44. The largest absolute Gasteiger partial charge is 0.271 e. The van der Waals surface area contributed by atoms with E-state index in [1.807, 2.05) is 27.8 Å². The van der Waals surface area contributed by atoms with Crippen LogP contribution in [0.3, 0.4) is 0 Å². The Morgan fingerprint density at radius 2 is 2.14 bits per heavy atom. The lowest BCUT2D eigenvalue weighted by atomic mass is 10.5. The van der Waals surface area contributed by atoms with Crippen LogP contribution < -0.4 is 0 Å². The average molecular weight is 256 g/mol. The molecule has 0 fully saturated rings. The summed E-state index contributed by atoms with van der Waals surface area (Å²) in [5.74, 6) is 0. The van der Waals surface area contributed by atoms with Gasteiger partial charge in [0.2, 0.25) is 0 Å². The highest BCUT2D eigenvalue weighted by molar-refractivity contribution is 9.08. The van der Waals surface area contributed by atoms with Crippen molar-refractivity contribution in [3.63, 3.8) is 0 Å². The zero-order valence-electron chi connectivity index (χ0n) is 7.54. The van der Waals surface area contributed by atoms with Gasteiger partial charge < -0.3 is 0 Å². The van der Waals surface area contributed by atoms with Gasteiger partial charge in [0.25, 0.3) is 0 Å². The van der Waals surface area contributed by atoms with Crippen molar-refractivity contribution in [3.05, 3.63) is 30.4 Å². The number of alkyl halides is 1. The van der Waals surface area contributed by atoms with Crippen molar-refractivity contribution < 1.29 is 0 Å². The smallest absolute Gasteiger partial charge is 0.0932 e. The molecule has 0 N–H and O–H groups in total. The van der Waals surface area contributed by atoms with Gasteiger partial charge in [0.05, 0.1) is 18.8 Å². The molecule has 74 valence electrons. The van der Waals surface area contributed by atoms with Gasteiger partial charge in [0.1, 0.15) is 0 Å². The number of aromatic nitrogens is 5. The Kier molecular flexibility index (Phi) is 2.93. The van der Waals surface area contributed by atoms with Crippen LogP contribution in [-0.2, 0) is 18.4 Å². The normalized spacial score (nSPS) is 10.6. The molecule has 2 aromatic rings. The van der Waals surface area contributed by atoms with Crippen molar-refractivity contribution in [2.75, 3.05) is 0 Å². The van der Waals surface area contributed by atoms with E-state index in [4.69, 9.17) is 0 Å². The molecule has 0 bridgehead atoms. The van der Waals surface area contributed by atoms with Gasteiger partial charge in [-0.15, -0.1) is 5.10 Å². The first kappa shape index (κ1) is 9.39. The number of hydrogen-bond acceptors (Lipinski definition) is 3. The molecule has 0 atom stereocenters. The van der Waals surface area contributed by atoms with Crippen molar-refractivity contribution in [2.45, 2.75) is 18.4 Å². The number of hydrogen-bond donors (Lipinski definition) is 0. The van der Waals surface area contributed by atoms with E-state index in [0.29, 0.717) is 0 Å². The molecule has 0 saturated heterocycles. The predicted molar refractivity (Wildman–Crippen MR) is 54.9 cm³/mol.